The van der Waals surface area contributed by atoms with E-state index < -0.39 is 0 Å². The summed E-state index contributed by atoms with van der Waals surface area (Å²) in [5.74, 6) is 1.12. The maximum absolute atomic E-state index is 13.4. The van der Waals surface area contributed by atoms with Crippen LogP contribution in [0.4, 0.5) is 0 Å². The van der Waals surface area contributed by atoms with Crippen LogP contribution >= 0.6 is 11.8 Å². The summed E-state index contributed by atoms with van der Waals surface area (Å²) >= 11 is 1.52. The van der Waals surface area contributed by atoms with Crippen molar-refractivity contribution in [3.8, 4) is 0 Å². The third kappa shape index (κ3) is 3.68. The summed E-state index contributed by atoms with van der Waals surface area (Å²) in [6.45, 7) is 1.38. The number of benzene rings is 1. The number of carbonyl (C=O) groups excluding carboxylic acids is 1. The Hall–Kier alpha value is -3.19. The smallest absolute Gasteiger partial charge is 0.256 e. The van der Waals surface area contributed by atoms with Gasteiger partial charge in [-0.15, -0.1) is 10.2 Å². The lowest BCUT2D eigenvalue weighted by atomic mass is 9.96. The Bertz CT molecular complexity index is 1180. The molecule has 4 heterocycles. The molecule has 1 aliphatic rings. The third-order valence-corrected chi connectivity index (χ3v) is 6.40. The van der Waals surface area contributed by atoms with Crippen LogP contribution in [0, 0.1) is 0 Å². The largest absolute Gasteiger partial charge is 0.338 e. The number of piperidine rings is 1. The number of likely N-dealkylation sites (tertiary alicyclic amines) is 1. The first-order valence-electron chi connectivity index (χ1n) is 10.1. The van der Waals surface area contributed by atoms with Gasteiger partial charge in [0.2, 0.25) is 0 Å². The molecule has 6 nitrogen and oxygen atoms in total. The molecule has 1 aliphatic heterocycles. The van der Waals surface area contributed by atoms with E-state index in [1.54, 1.807) is 6.20 Å². The molecular weight excluding hydrogens is 394 g/mol. The standard InChI is InChI=1S/C23H21N5OS/c29-23(19-11-6-13-24-22(19)30-18-9-2-1-3-10-18)27-14-7-8-17(16-27)21-26-25-20-12-4-5-15-28(20)21/h1-6,9-13,15,17H,7-8,14,16H2. The average molecular weight is 416 g/mol. The van der Waals surface area contributed by atoms with E-state index in [2.05, 4.69) is 15.2 Å². The van der Waals surface area contributed by atoms with Gasteiger partial charge >= 0.3 is 0 Å². The Morgan fingerprint density at radius 1 is 1.00 bits per heavy atom. The minimum Gasteiger partial charge on any atom is -0.338 e. The van der Waals surface area contributed by atoms with Crippen LogP contribution in [-0.2, 0) is 0 Å². The van der Waals surface area contributed by atoms with Crippen LogP contribution in [0.5, 0.6) is 0 Å². The van der Waals surface area contributed by atoms with Gasteiger partial charge in [-0.2, -0.15) is 0 Å². The van der Waals surface area contributed by atoms with Crippen LogP contribution in [0.15, 0.2) is 83.0 Å². The SMILES string of the molecule is O=C(c1cccnc1Sc1ccccc1)N1CCCC(c2nnc3ccccn23)C1. The summed E-state index contributed by atoms with van der Waals surface area (Å²) in [6.07, 6.45) is 5.67. The van der Waals surface area contributed by atoms with Gasteiger partial charge in [0, 0.05) is 36.3 Å². The lowest BCUT2D eigenvalue weighted by Gasteiger charge is -2.32. The van der Waals surface area contributed by atoms with Crippen LogP contribution in [0.3, 0.4) is 0 Å². The van der Waals surface area contributed by atoms with Crippen LogP contribution in [0.2, 0.25) is 0 Å². The fourth-order valence-corrected chi connectivity index (χ4v) is 4.81. The van der Waals surface area contributed by atoms with Gasteiger partial charge in [-0.05, 0) is 49.2 Å². The van der Waals surface area contributed by atoms with Crippen molar-refractivity contribution in [2.24, 2.45) is 0 Å². The Morgan fingerprint density at radius 2 is 1.87 bits per heavy atom. The van der Waals surface area contributed by atoms with Crippen molar-refractivity contribution in [1.82, 2.24) is 24.5 Å². The first kappa shape index (κ1) is 18.8. The molecule has 0 bridgehead atoms. The van der Waals surface area contributed by atoms with Gasteiger partial charge in [-0.3, -0.25) is 9.20 Å². The molecular formula is C23H21N5OS. The fourth-order valence-electron chi connectivity index (χ4n) is 3.92. The molecule has 4 aromatic rings. The molecule has 0 N–H and O–H groups in total. The predicted octanol–water partition coefficient (Wildman–Crippen LogP) is 4.30. The Balaban J connectivity index is 1.39. The summed E-state index contributed by atoms with van der Waals surface area (Å²) in [5, 5.41) is 9.44. The number of carbonyl (C=O) groups is 1. The Labute approximate surface area is 179 Å². The van der Waals surface area contributed by atoms with Crippen molar-refractivity contribution in [3.05, 3.63) is 84.4 Å². The van der Waals surface area contributed by atoms with Gasteiger partial charge in [-0.1, -0.05) is 36.0 Å². The quantitative estimate of drug-likeness (QED) is 0.497. The lowest BCUT2D eigenvalue weighted by Crippen LogP contribution is -2.39. The molecule has 3 aromatic heterocycles. The zero-order valence-electron chi connectivity index (χ0n) is 16.4. The van der Waals surface area contributed by atoms with Crippen LogP contribution in [0.1, 0.15) is 34.9 Å². The number of rotatable bonds is 4. The molecule has 1 atom stereocenters. The van der Waals surface area contributed by atoms with Gasteiger partial charge in [0.25, 0.3) is 5.91 Å². The van der Waals surface area contributed by atoms with Crippen molar-refractivity contribution >= 4 is 23.3 Å². The number of fused-ring (bicyclic) bond motifs is 1. The predicted molar refractivity (Wildman–Crippen MR) is 116 cm³/mol. The lowest BCUT2D eigenvalue weighted by molar-refractivity contribution is 0.0700. The zero-order chi connectivity index (χ0) is 20.3. The van der Waals surface area contributed by atoms with Crippen LogP contribution in [-0.4, -0.2) is 43.5 Å². The summed E-state index contributed by atoms with van der Waals surface area (Å²) < 4.78 is 2.03. The number of nitrogens with zero attached hydrogens (tertiary/aromatic N) is 5. The van der Waals surface area contributed by atoms with E-state index >= 15 is 0 Å². The van der Waals surface area contributed by atoms with E-state index in [1.807, 2.05) is 76.2 Å². The van der Waals surface area contributed by atoms with Crippen molar-refractivity contribution in [3.63, 3.8) is 0 Å². The summed E-state index contributed by atoms with van der Waals surface area (Å²) in [4.78, 5) is 20.9. The molecule has 7 heteroatoms. The second-order valence-electron chi connectivity index (χ2n) is 7.35. The molecule has 1 aromatic carbocycles. The number of pyridine rings is 2. The normalized spacial score (nSPS) is 16.7. The number of hydrogen-bond donors (Lipinski definition) is 0. The molecule has 0 aliphatic carbocycles. The van der Waals surface area contributed by atoms with Gasteiger partial charge in [0.1, 0.15) is 10.9 Å². The van der Waals surface area contributed by atoms with Crippen molar-refractivity contribution in [1.29, 1.82) is 0 Å². The summed E-state index contributed by atoms with van der Waals surface area (Å²) in [5.41, 5.74) is 1.49. The van der Waals surface area contributed by atoms with Gasteiger partial charge in [-0.25, -0.2) is 4.98 Å². The van der Waals surface area contributed by atoms with E-state index in [0.717, 1.165) is 40.8 Å². The molecule has 30 heavy (non-hydrogen) atoms. The maximum atomic E-state index is 13.4. The summed E-state index contributed by atoms with van der Waals surface area (Å²) in [6, 6.07) is 19.6. The molecule has 1 unspecified atom stereocenters. The highest BCUT2D eigenvalue weighted by Gasteiger charge is 2.29. The van der Waals surface area contributed by atoms with E-state index in [4.69, 9.17) is 0 Å². The number of hydrogen-bond acceptors (Lipinski definition) is 5. The molecule has 5 rings (SSSR count). The number of aromatic nitrogens is 4. The second-order valence-corrected chi connectivity index (χ2v) is 8.41. The van der Waals surface area contributed by atoms with E-state index in [0.29, 0.717) is 12.1 Å². The van der Waals surface area contributed by atoms with Gasteiger partial charge < -0.3 is 4.90 Å². The maximum Gasteiger partial charge on any atom is 0.256 e. The third-order valence-electron chi connectivity index (χ3n) is 5.37. The summed E-state index contributed by atoms with van der Waals surface area (Å²) in [7, 11) is 0. The number of amides is 1. The van der Waals surface area contributed by atoms with E-state index in [-0.39, 0.29) is 11.8 Å². The molecule has 0 radical (unpaired) electrons. The van der Waals surface area contributed by atoms with Gasteiger partial charge in [0.05, 0.1) is 5.56 Å². The van der Waals surface area contributed by atoms with Gasteiger partial charge in [0.15, 0.2) is 5.65 Å². The van der Waals surface area contributed by atoms with Crippen LogP contribution < -0.4 is 0 Å². The van der Waals surface area contributed by atoms with E-state index in [9.17, 15) is 4.79 Å². The first-order valence-corrected chi connectivity index (χ1v) is 10.9. The highest BCUT2D eigenvalue weighted by atomic mass is 32.2. The minimum atomic E-state index is 0.0278. The second kappa shape index (κ2) is 8.28. The molecule has 0 saturated carbocycles. The van der Waals surface area contributed by atoms with Crippen molar-refractivity contribution in [2.45, 2.75) is 28.7 Å². The monoisotopic (exact) mass is 415 g/mol. The Morgan fingerprint density at radius 3 is 2.77 bits per heavy atom. The molecule has 1 fully saturated rings. The minimum absolute atomic E-state index is 0.0278. The van der Waals surface area contributed by atoms with Crippen molar-refractivity contribution in [2.75, 3.05) is 13.1 Å². The Kier molecular flexibility index (Phi) is 5.19. The fraction of sp³-hybridized carbons (Fsp3) is 0.217. The van der Waals surface area contributed by atoms with E-state index in [1.165, 1.54) is 11.8 Å². The molecule has 0 spiro atoms. The molecule has 1 saturated heterocycles. The highest BCUT2D eigenvalue weighted by molar-refractivity contribution is 7.99. The average Bonchev–Trinajstić information content (AvgIpc) is 3.24. The van der Waals surface area contributed by atoms with Crippen molar-refractivity contribution < 1.29 is 4.79 Å². The topological polar surface area (TPSA) is 63.4 Å². The first-order chi connectivity index (χ1) is 14.8. The molecule has 1 amide bonds. The van der Waals surface area contributed by atoms with Crippen LogP contribution in [0.25, 0.3) is 5.65 Å². The molecule has 150 valence electrons. The highest BCUT2D eigenvalue weighted by Crippen LogP contribution is 2.31. The zero-order valence-corrected chi connectivity index (χ0v) is 17.2.